The van der Waals surface area contributed by atoms with Crippen molar-refractivity contribution in [3.63, 3.8) is 0 Å². The van der Waals surface area contributed by atoms with Crippen molar-refractivity contribution in [3.8, 4) is 0 Å². The van der Waals surface area contributed by atoms with E-state index < -0.39 is 5.60 Å². The summed E-state index contributed by atoms with van der Waals surface area (Å²) in [6, 6.07) is 27.1. The van der Waals surface area contributed by atoms with E-state index in [9.17, 15) is 4.79 Å². The molecule has 2 heteroatoms. The monoisotopic (exact) mass is 356 g/mol. The molecular weight excluding hydrogens is 332 g/mol. The first-order valence-corrected chi connectivity index (χ1v) is 9.03. The molecule has 0 fully saturated rings. The third kappa shape index (κ3) is 3.49. The van der Waals surface area contributed by atoms with Crippen LogP contribution in [0.15, 0.2) is 97.6 Å². The van der Waals surface area contributed by atoms with Crippen LogP contribution in [0.4, 0.5) is 0 Å². The predicted molar refractivity (Wildman–Crippen MR) is 110 cm³/mol. The van der Waals surface area contributed by atoms with Crippen molar-refractivity contribution < 1.29 is 9.53 Å². The van der Waals surface area contributed by atoms with Crippen molar-refractivity contribution in [2.24, 2.45) is 0 Å². The van der Waals surface area contributed by atoms with E-state index in [0.29, 0.717) is 5.56 Å². The topological polar surface area (TPSA) is 26.3 Å². The Labute approximate surface area is 161 Å². The Morgan fingerprint density at radius 3 is 2.00 bits per heavy atom. The molecular formula is C25H24O2. The van der Waals surface area contributed by atoms with Gasteiger partial charge in [-0.2, -0.15) is 0 Å². The van der Waals surface area contributed by atoms with Crippen LogP contribution in [0.3, 0.4) is 0 Å². The molecule has 0 spiro atoms. The number of hydrogen-bond donors (Lipinski definition) is 0. The molecule has 0 bridgehead atoms. The fourth-order valence-electron chi connectivity index (χ4n) is 3.59. The lowest BCUT2D eigenvalue weighted by Crippen LogP contribution is -2.43. The minimum atomic E-state index is -1.19. The molecule has 0 aliphatic heterocycles. The standard InChI is InChI=1S/C25H24O2/c1-4-23(20-17-15-19(2)16-18-20)25(27-3,22-13-9-6-10-14-22)24(26)21-11-7-5-8-12-21/h4-18,23H,1H2,2-3H3/t23-,25+/m1/s1. The Morgan fingerprint density at radius 1 is 0.926 bits per heavy atom. The SMILES string of the molecule is C=C[C@H](c1ccc(C)cc1)[C@](OC)(C(=O)c1ccccc1)c1ccccc1. The van der Waals surface area contributed by atoms with Crippen LogP contribution in [-0.4, -0.2) is 12.9 Å². The maximum Gasteiger partial charge on any atom is 0.200 e. The second-order valence-corrected chi connectivity index (χ2v) is 6.63. The van der Waals surface area contributed by atoms with E-state index in [4.69, 9.17) is 4.74 Å². The second-order valence-electron chi connectivity index (χ2n) is 6.63. The van der Waals surface area contributed by atoms with E-state index in [1.165, 1.54) is 5.56 Å². The molecule has 2 atom stereocenters. The van der Waals surface area contributed by atoms with Crippen molar-refractivity contribution in [3.05, 3.63) is 120 Å². The van der Waals surface area contributed by atoms with Crippen LogP contribution in [0, 0.1) is 6.92 Å². The number of rotatable bonds is 7. The molecule has 0 heterocycles. The van der Waals surface area contributed by atoms with E-state index in [2.05, 4.69) is 6.58 Å². The van der Waals surface area contributed by atoms with Crippen LogP contribution in [0.1, 0.15) is 33.0 Å². The van der Waals surface area contributed by atoms with Crippen molar-refractivity contribution in [1.29, 1.82) is 0 Å². The van der Waals surface area contributed by atoms with Crippen LogP contribution >= 0.6 is 0 Å². The Balaban J connectivity index is 2.24. The van der Waals surface area contributed by atoms with Gasteiger partial charge in [-0.25, -0.2) is 0 Å². The van der Waals surface area contributed by atoms with Gasteiger partial charge in [0, 0.05) is 18.6 Å². The summed E-state index contributed by atoms with van der Waals surface area (Å²) >= 11 is 0. The first-order chi connectivity index (χ1) is 13.1. The van der Waals surface area contributed by atoms with Crippen molar-refractivity contribution in [1.82, 2.24) is 0 Å². The molecule has 0 aliphatic rings. The smallest absolute Gasteiger partial charge is 0.200 e. The highest BCUT2D eigenvalue weighted by Gasteiger charge is 2.47. The molecule has 27 heavy (non-hydrogen) atoms. The number of Topliss-reactive ketones (excluding diaryl/α,β-unsaturated/α-hetero) is 1. The van der Waals surface area contributed by atoms with Gasteiger partial charge in [-0.3, -0.25) is 4.79 Å². The lowest BCUT2D eigenvalue weighted by molar-refractivity contribution is -0.00993. The van der Waals surface area contributed by atoms with E-state index in [0.717, 1.165) is 11.1 Å². The molecule has 0 N–H and O–H groups in total. The van der Waals surface area contributed by atoms with E-state index in [1.807, 2.05) is 97.9 Å². The van der Waals surface area contributed by atoms with E-state index >= 15 is 0 Å². The highest BCUT2D eigenvalue weighted by Crippen LogP contribution is 2.43. The van der Waals surface area contributed by atoms with Crippen molar-refractivity contribution in [2.45, 2.75) is 18.4 Å². The van der Waals surface area contributed by atoms with Crippen LogP contribution in [0.2, 0.25) is 0 Å². The quantitative estimate of drug-likeness (QED) is 0.401. The summed E-state index contributed by atoms with van der Waals surface area (Å²) in [5.74, 6) is -0.416. The number of ether oxygens (including phenoxy) is 1. The lowest BCUT2D eigenvalue weighted by atomic mass is 9.72. The van der Waals surface area contributed by atoms with Gasteiger partial charge in [-0.15, -0.1) is 6.58 Å². The number of carbonyl (C=O) groups excluding carboxylic acids is 1. The third-order valence-corrected chi connectivity index (χ3v) is 5.01. The fraction of sp³-hybridized carbons (Fsp3) is 0.160. The molecule has 3 aromatic carbocycles. The third-order valence-electron chi connectivity index (χ3n) is 5.01. The van der Waals surface area contributed by atoms with Gasteiger partial charge in [0.05, 0.1) is 0 Å². The molecule has 0 aliphatic carbocycles. The first kappa shape index (κ1) is 18.8. The average molecular weight is 356 g/mol. The van der Waals surface area contributed by atoms with Gasteiger partial charge in [0.25, 0.3) is 0 Å². The Morgan fingerprint density at radius 2 is 1.48 bits per heavy atom. The summed E-state index contributed by atoms with van der Waals surface area (Å²) in [5, 5.41) is 0. The molecule has 0 amide bonds. The van der Waals surface area contributed by atoms with Crippen LogP contribution < -0.4 is 0 Å². The Bertz CT molecular complexity index is 898. The van der Waals surface area contributed by atoms with E-state index in [-0.39, 0.29) is 11.7 Å². The number of hydrogen-bond acceptors (Lipinski definition) is 2. The number of methoxy groups -OCH3 is 1. The summed E-state index contributed by atoms with van der Waals surface area (Å²) in [5.41, 5.74) is 2.39. The summed E-state index contributed by atoms with van der Waals surface area (Å²) in [7, 11) is 1.60. The van der Waals surface area contributed by atoms with Crippen molar-refractivity contribution >= 4 is 5.78 Å². The van der Waals surface area contributed by atoms with Gasteiger partial charge in [-0.1, -0.05) is 96.6 Å². The minimum absolute atomic E-state index is 0.0812. The highest BCUT2D eigenvalue weighted by molar-refractivity contribution is 6.04. The maximum atomic E-state index is 13.8. The van der Waals surface area contributed by atoms with Gasteiger partial charge < -0.3 is 4.74 Å². The summed E-state index contributed by atoms with van der Waals surface area (Å²) in [6.07, 6.45) is 1.81. The molecule has 0 saturated carbocycles. The maximum absolute atomic E-state index is 13.8. The molecule has 2 nitrogen and oxygen atoms in total. The molecule has 0 unspecified atom stereocenters. The number of benzene rings is 3. The molecule has 3 rings (SSSR count). The normalized spacial score (nSPS) is 14.1. The second kappa shape index (κ2) is 8.15. The van der Waals surface area contributed by atoms with Gasteiger partial charge in [0.2, 0.25) is 0 Å². The van der Waals surface area contributed by atoms with Gasteiger partial charge in [0.1, 0.15) is 0 Å². The zero-order valence-electron chi connectivity index (χ0n) is 15.8. The summed E-state index contributed by atoms with van der Waals surface area (Å²) in [6.45, 7) is 6.09. The van der Waals surface area contributed by atoms with Gasteiger partial charge in [-0.05, 0) is 18.1 Å². The molecule has 0 aromatic heterocycles. The van der Waals surface area contributed by atoms with Crippen molar-refractivity contribution in [2.75, 3.05) is 7.11 Å². The zero-order valence-corrected chi connectivity index (χ0v) is 15.8. The number of carbonyl (C=O) groups is 1. The Hall–Kier alpha value is -2.97. The summed E-state index contributed by atoms with van der Waals surface area (Å²) in [4.78, 5) is 13.8. The van der Waals surface area contributed by atoms with Crippen LogP contribution in [-0.2, 0) is 10.3 Å². The molecule has 136 valence electrons. The number of ketones is 1. The molecule has 3 aromatic rings. The van der Waals surface area contributed by atoms with Gasteiger partial charge >= 0.3 is 0 Å². The molecule has 0 radical (unpaired) electrons. The average Bonchev–Trinajstić information content (AvgIpc) is 2.74. The zero-order chi connectivity index (χ0) is 19.3. The minimum Gasteiger partial charge on any atom is -0.364 e. The number of aryl methyl sites for hydroxylation is 1. The highest BCUT2D eigenvalue weighted by atomic mass is 16.5. The van der Waals surface area contributed by atoms with Crippen LogP contribution in [0.5, 0.6) is 0 Å². The van der Waals surface area contributed by atoms with Crippen LogP contribution in [0.25, 0.3) is 0 Å². The fourth-order valence-corrected chi connectivity index (χ4v) is 3.59. The lowest BCUT2D eigenvalue weighted by Gasteiger charge is -2.38. The largest absolute Gasteiger partial charge is 0.364 e. The summed E-state index contributed by atoms with van der Waals surface area (Å²) < 4.78 is 6.06. The van der Waals surface area contributed by atoms with E-state index in [1.54, 1.807) is 7.11 Å². The predicted octanol–water partition coefficient (Wildman–Crippen LogP) is 5.69. The molecule has 0 saturated heterocycles. The Kier molecular flexibility index (Phi) is 5.68. The van der Waals surface area contributed by atoms with Gasteiger partial charge in [0.15, 0.2) is 11.4 Å². The first-order valence-electron chi connectivity index (χ1n) is 9.03.